The zero-order valence-corrected chi connectivity index (χ0v) is 19.1. The number of carbonyl (C=O) groups is 1. The predicted molar refractivity (Wildman–Crippen MR) is 125 cm³/mol. The molecular weight excluding hydrogens is 446 g/mol. The number of anilines is 1. The summed E-state index contributed by atoms with van der Waals surface area (Å²) in [6, 6.07) is 18.8. The van der Waals surface area contributed by atoms with E-state index in [0.29, 0.717) is 31.0 Å². The fraction of sp³-hybridized carbons (Fsp3) is 0.261. The minimum absolute atomic E-state index is 0.0811. The number of thiophene rings is 1. The number of hydrogen-bond donors (Lipinski definition) is 2. The molecule has 1 saturated heterocycles. The fourth-order valence-electron chi connectivity index (χ4n) is 3.58. The lowest BCUT2D eigenvalue weighted by atomic mass is 10.1. The molecule has 0 bridgehead atoms. The molecule has 3 aromatic rings. The summed E-state index contributed by atoms with van der Waals surface area (Å²) < 4.78 is 33.1. The molecule has 0 spiro atoms. The van der Waals surface area contributed by atoms with Crippen molar-refractivity contribution in [3.63, 3.8) is 0 Å². The van der Waals surface area contributed by atoms with Crippen molar-refractivity contribution >= 4 is 33.0 Å². The molecule has 9 heteroatoms. The fourth-order valence-corrected chi connectivity index (χ4v) is 5.50. The number of nitrogens with one attached hydrogen (secondary N) is 2. The number of ether oxygens (including phenoxy) is 1. The standard InChI is InChI=1S/C23H25N3O4S2/c27-23(24-17-21(22-7-4-16-31-22)26-12-14-30-15-13-26)18-8-10-20(11-9-18)32(28,29)25-19-5-2-1-3-6-19/h1-11,16,21,25H,12-15,17H2,(H,24,27). The Bertz CT molecular complexity index is 1110. The Morgan fingerprint density at radius 1 is 1.00 bits per heavy atom. The van der Waals surface area contributed by atoms with E-state index in [4.69, 9.17) is 4.74 Å². The summed E-state index contributed by atoms with van der Waals surface area (Å²) in [4.78, 5) is 16.4. The maximum Gasteiger partial charge on any atom is 0.261 e. The molecule has 0 aliphatic carbocycles. The van der Waals surface area contributed by atoms with Gasteiger partial charge in [0.2, 0.25) is 0 Å². The number of amides is 1. The van der Waals surface area contributed by atoms with Crippen LogP contribution in [-0.2, 0) is 14.8 Å². The lowest BCUT2D eigenvalue weighted by molar-refractivity contribution is 0.0169. The van der Waals surface area contributed by atoms with E-state index in [1.807, 2.05) is 17.5 Å². The number of sulfonamides is 1. The smallest absolute Gasteiger partial charge is 0.261 e. The number of benzene rings is 2. The van der Waals surface area contributed by atoms with Crippen LogP contribution in [0.25, 0.3) is 0 Å². The van der Waals surface area contributed by atoms with E-state index in [1.54, 1.807) is 35.6 Å². The van der Waals surface area contributed by atoms with Gasteiger partial charge in [-0.15, -0.1) is 11.3 Å². The molecule has 0 radical (unpaired) electrons. The maximum absolute atomic E-state index is 12.7. The first-order valence-corrected chi connectivity index (χ1v) is 12.7. The van der Waals surface area contributed by atoms with E-state index in [0.717, 1.165) is 13.1 Å². The number of hydrogen-bond acceptors (Lipinski definition) is 6. The summed E-state index contributed by atoms with van der Waals surface area (Å²) in [6.45, 7) is 3.47. The second-order valence-corrected chi connectivity index (χ2v) is 10.0. The predicted octanol–water partition coefficient (Wildman–Crippen LogP) is 3.35. The highest BCUT2D eigenvalue weighted by molar-refractivity contribution is 7.92. The van der Waals surface area contributed by atoms with Crippen LogP contribution >= 0.6 is 11.3 Å². The summed E-state index contributed by atoms with van der Waals surface area (Å²) in [7, 11) is -3.72. The third-order valence-electron chi connectivity index (χ3n) is 5.27. The van der Waals surface area contributed by atoms with Gasteiger partial charge >= 0.3 is 0 Å². The maximum atomic E-state index is 12.7. The molecule has 1 atom stereocenters. The minimum Gasteiger partial charge on any atom is -0.379 e. The molecule has 4 rings (SSSR count). The van der Waals surface area contributed by atoms with Crippen LogP contribution in [0.4, 0.5) is 5.69 Å². The topological polar surface area (TPSA) is 87.7 Å². The molecule has 1 aromatic heterocycles. The molecule has 2 heterocycles. The second-order valence-electron chi connectivity index (χ2n) is 7.39. The molecule has 1 fully saturated rings. The van der Waals surface area contributed by atoms with E-state index in [9.17, 15) is 13.2 Å². The average molecular weight is 472 g/mol. The van der Waals surface area contributed by atoms with Crippen molar-refractivity contribution in [3.05, 3.63) is 82.6 Å². The van der Waals surface area contributed by atoms with Crippen LogP contribution in [0.15, 0.2) is 77.0 Å². The third kappa shape index (κ3) is 5.55. The Labute approximate surface area is 192 Å². The minimum atomic E-state index is -3.72. The van der Waals surface area contributed by atoms with Crippen LogP contribution in [0.5, 0.6) is 0 Å². The van der Waals surface area contributed by atoms with Crippen LogP contribution < -0.4 is 10.0 Å². The Morgan fingerprint density at radius 2 is 1.72 bits per heavy atom. The normalized spacial score (nSPS) is 15.8. The molecule has 2 aromatic carbocycles. The Balaban J connectivity index is 1.41. The number of carbonyl (C=O) groups excluding carboxylic acids is 1. The lowest BCUT2D eigenvalue weighted by Crippen LogP contribution is -2.43. The Kier molecular flexibility index (Phi) is 7.21. The van der Waals surface area contributed by atoms with E-state index in [1.165, 1.54) is 29.1 Å². The summed E-state index contributed by atoms with van der Waals surface area (Å²) in [5, 5.41) is 5.04. The molecule has 7 nitrogen and oxygen atoms in total. The number of morpholine rings is 1. The van der Waals surface area contributed by atoms with Gasteiger partial charge < -0.3 is 10.1 Å². The van der Waals surface area contributed by atoms with Crippen molar-refractivity contribution in [2.45, 2.75) is 10.9 Å². The van der Waals surface area contributed by atoms with Crippen LogP contribution in [0.2, 0.25) is 0 Å². The van der Waals surface area contributed by atoms with Gasteiger partial charge in [0, 0.05) is 35.8 Å². The molecule has 1 amide bonds. The number of para-hydroxylation sites is 1. The molecule has 2 N–H and O–H groups in total. The van der Waals surface area contributed by atoms with Gasteiger partial charge in [0.25, 0.3) is 15.9 Å². The quantitative estimate of drug-likeness (QED) is 0.526. The van der Waals surface area contributed by atoms with Gasteiger partial charge in [-0.2, -0.15) is 0 Å². The van der Waals surface area contributed by atoms with Crippen LogP contribution in [0.1, 0.15) is 21.3 Å². The first-order chi connectivity index (χ1) is 15.5. The first kappa shape index (κ1) is 22.5. The highest BCUT2D eigenvalue weighted by atomic mass is 32.2. The summed E-state index contributed by atoms with van der Waals surface area (Å²) >= 11 is 1.67. The molecule has 0 saturated carbocycles. The lowest BCUT2D eigenvalue weighted by Gasteiger charge is -2.34. The van der Waals surface area contributed by atoms with Crippen molar-refractivity contribution < 1.29 is 17.9 Å². The Hall–Kier alpha value is -2.72. The van der Waals surface area contributed by atoms with Gasteiger partial charge in [-0.3, -0.25) is 14.4 Å². The van der Waals surface area contributed by atoms with Gasteiger partial charge in [-0.25, -0.2) is 8.42 Å². The summed E-state index contributed by atoms with van der Waals surface area (Å²) in [5.41, 5.74) is 0.896. The number of rotatable bonds is 8. The van der Waals surface area contributed by atoms with Gasteiger partial charge in [-0.05, 0) is 47.8 Å². The van der Waals surface area contributed by atoms with Crippen molar-refractivity contribution in [2.75, 3.05) is 37.6 Å². The van der Waals surface area contributed by atoms with Gasteiger partial charge in [0.05, 0.1) is 24.2 Å². The molecule has 1 unspecified atom stereocenters. The SMILES string of the molecule is O=C(NCC(c1cccs1)N1CCOCC1)c1ccc(S(=O)(=O)Nc2ccccc2)cc1. The van der Waals surface area contributed by atoms with Crippen molar-refractivity contribution in [2.24, 2.45) is 0 Å². The van der Waals surface area contributed by atoms with Gasteiger partial charge in [0.1, 0.15) is 0 Å². The third-order valence-corrected chi connectivity index (χ3v) is 7.64. The molecule has 1 aliphatic rings. The van der Waals surface area contributed by atoms with E-state index in [2.05, 4.69) is 21.0 Å². The monoisotopic (exact) mass is 471 g/mol. The molecule has 32 heavy (non-hydrogen) atoms. The highest BCUT2D eigenvalue weighted by Gasteiger charge is 2.24. The molecular formula is C23H25N3O4S2. The average Bonchev–Trinajstić information content (AvgIpc) is 3.35. The molecule has 1 aliphatic heterocycles. The first-order valence-electron chi connectivity index (χ1n) is 10.3. The second kappa shape index (κ2) is 10.3. The zero-order chi connectivity index (χ0) is 22.4. The van der Waals surface area contributed by atoms with E-state index in [-0.39, 0.29) is 16.8 Å². The largest absolute Gasteiger partial charge is 0.379 e. The van der Waals surface area contributed by atoms with Gasteiger partial charge in [-0.1, -0.05) is 24.3 Å². The van der Waals surface area contributed by atoms with Gasteiger partial charge in [0.15, 0.2) is 0 Å². The summed E-state index contributed by atoms with van der Waals surface area (Å²) in [5.74, 6) is -0.236. The summed E-state index contributed by atoms with van der Waals surface area (Å²) in [6.07, 6.45) is 0. The number of nitrogens with zero attached hydrogens (tertiary/aromatic N) is 1. The van der Waals surface area contributed by atoms with Crippen molar-refractivity contribution in [1.29, 1.82) is 0 Å². The van der Waals surface area contributed by atoms with E-state index < -0.39 is 10.0 Å². The van der Waals surface area contributed by atoms with Crippen LogP contribution in [0, 0.1) is 0 Å². The van der Waals surface area contributed by atoms with E-state index >= 15 is 0 Å². The zero-order valence-electron chi connectivity index (χ0n) is 17.4. The van der Waals surface area contributed by atoms with Crippen LogP contribution in [0.3, 0.4) is 0 Å². The Morgan fingerprint density at radius 3 is 2.38 bits per heavy atom. The van der Waals surface area contributed by atoms with Crippen molar-refractivity contribution in [1.82, 2.24) is 10.2 Å². The molecule has 168 valence electrons. The van der Waals surface area contributed by atoms with Crippen LogP contribution in [-0.4, -0.2) is 52.1 Å². The highest BCUT2D eigenvalue weighted by Crippen LogP contribution is 2.25. The van der Waals surface area contributed by atoms with Crippen molar-refractivity contribution in [3.8, 4) is 0 Å².